The molecule has 184 valence electrons. The number of nitrogens with one attached hydrogen (secondary N) is 2. The molecule has 1 aliphatic carbocycles. The molecule has 0 radical (unpaired) electrons. The Kier molecular flexibility index (Phi) is 6.82. The van der Waals surface area contributed by atoms with Crippen molar-refractivity contribution in [3.63, 3.8) is 0 Å². The summed E-state index contributed by atoms with van der Waals surface area (Å²) >= 11 is 0. The summed E-state index contributed by atoms with van der Waals surface area (Å²) in [5.41, 5.74) is 3.59. The van der Waals surface area contributed by atoms with E-state index in [4.69, 9.17) is 9.47 Å². The van der Waals surface area contributed by atoms with Crippen molar-refractivity contribution < 1.29 is 18.7 Å². The second-order valence-corrected chi connectivity index (χ2v) is 9.09. The molecule has 1 amide bonds. The lowest BCUT2D eigenvalue weighted by Crippen LogP contribution is -2.37. The normalized spacial score (nSPS) is 14.3. The number of rotatable bonds is 10. The first-order chi connectivity index (χ1) is 17.6. The highest BCUT2D eigenvalue weighted by molar-refractivity contribution is 6.05. The number of carbonyl (C=O) groups excluding carboxylic acids is 1. The van der Waals surface area contributed by atoms with E-state index in [1.165, 1.54) is 12.1 Å². The van der Waals surface area contributed by atoms with Crippen molar-refractivity contribution in [1.29, 1.82) is 0 Å². The lowest BCUT2D eigenvalue weighted by molar-refractivity contribution is 0.0877. The second kappa shape index (κ2) is 10.3. The molecule has 3 aromatic carbocycles. The van der Waals surface area contributed by atoms with Gasteiger partial charge in [-0.3, -0.25) is 9.89 Å². The number of H-pyrrole nitrogens is 1. The van der Waals surface area contributed by atoms with E-state index in [9.17, 15) is 9.18 Å². The maximum absolute atomic E-state index is 13.3. The van der Waals surface area contributed by atoms with E-state index in [2.05, 4.69) is 15.5 Å². The quantitative estimate of drug-likeness (QED) is 0.281. The third kappa shape index (κ3) is 5.31. The molecule has 7 heteroatoms. The Bertz CT molecular complexity index is 1380. The predicted octanol–water partition coefficient (Wildman–Crippen LogP) is 5.75. The van der Waals surface area contributed by atoms with E-state index >= 15 is 0 Å². The van der Waals surface area contributed by atoms with Crippen molar-refractivity contribution in [1.82, 2.24) is 15.5 Å². The molecule has 1 aromatic heterocycles. The maximum Gasteiger partial charge on any atom is 0.255 e. The Balaban J connectivity index is 1.29. The molecule has 0 spiro atoms. The molecular formula is C29H28FN3O3. The number of fused-ring (bicyclic) bond motifs is 1. The van der Waals surface area contributed by atoms with Crippen LogP contribution in [0.25, 0.3) is 23.1 Å². The molecule has 2 N–H and O–H groups in total. The monoisotopic (exact) mass is 485 g/mol. The van der Waals surface area contributed by atoms with Crippen molar-refractivity contribution in [2.75, 3.05) is 13.7 Å². The molecule has 36 heavy (non-hydrogen) atoms. The van der Waals surface area contributed by atoms with E-state index in [0.29, 0.717) is 30.2 Å². The molecular weight excluding hydrogens is 457 g/mol. The predicted molar refractivity (Wildman–Crippen MR) is 138 cm³/mol. The number of methoxy groups -OCH3 is 1. The van der Waals surface area contributed by atoms with E-state index in [0.717, 1.165) is 41.3 Å². The summed E-state index contributed by atoms with van der Waals surface area (Å²) in [6, 6.07) is 19.8. The number of amides is 1. The largest absolute Gasteiger partial charge is 0.495 e. The van der Waals surface area contributed by atoms with Gasteiger partial charge in [0.2, 0.25) is 0 Å². The Morgan fingerprint density at radius 3 is 2.58 bits per heavy atom. The summed E-state index contributed by atoms with van der Waals surface area (Å²) in [5, 5.41) is 11.3. The Labute approximate surface area is 209 Å². The van der Waals surface area contributed by atoms with E-state index in [1.807, 2.05) is 48.6 Å². The zero-order valence-electron chi connectivity index (χ0n) is 20.1. The first-order valence-corrected chi connectivity index (χ1v) is 12.0. The van der Waals surface area contributed by atoms with Crippen molar-refractivity contribution in [2.45, 2.75) is 31.4 Å². The highest BCUT2D eigenvalue weighted by atomic mass is 19.1. The van der Waals surface area contributed by atoms with Crippen molar-refractivity contribution in [2.24, 2.45) is 0 Å². The molecule has 0 bridgehead atoms. The Hall–Kier alpha value is -3.97. The smallest absolute Gasteiger partial charge is 0.255 e. The van der Waals surface area contributed by atoms with Crippen LogP contribution in [0, 0.1) is 5.82 Å². The van der Waals surface area contributed by atoms with Crippen LogP contribution < -0.4 is 10.1 Å². The third-order valence-corrected chi connectivity index (χ3v) is 6.53. The number of hydrogen-bond acceptors (Lipinski definition) is 4. The molecule has 6 nitrogen and oxygen atoms in total. The van der Waals surface area contributed by atoms with E-state index in [1.54, 1.807) is 25.3 Å². The lowest BCUT2D eigenvalue weighted by atomic mass is 10.1. The molecule has 1 aliphatic rings. The van der Waals surface area contributed by atoms with Crippen LogP contribution in [0.2, 0.25) is 0 Å². The average Bonchev–Trinajstić information content (AvgIpc) is 3.54. The van der Waals surface area contributed by atoms with Gasteiger partial charge in [0.25, 0.3) is 5.91 Å². The van der Waals surface area contributed by atoms with Gasteiger partial charge in [0.05, 0.1) is 35.9 Å². The highest BCUT2D eigenvalue weighted by Crippen LogP contribution is 2.40. The van der Waals surface area contributed by atoms with Crippen LogP contribution in [0.4, 0.5) is 4.39 Å². The van der Waals surface area contributed by atoms with Gasteiger partial charge in [-0.05, 0) is 60.7 Å². The summed E-state index contributed by atoms with van der Waals surface area (Å²) in [6.45, 7) is 1.13. The molecule has 0 aliphatic heterocycles. The SMILES string of the molecule is COc1c(C(=O)NC2(CCOCc3ccccc3)CC2)ccc2[nH]nc(/C=C/c3ccc(F)cc3)c12. The molecule has 5 rings (SSSR count). The molecule has 1 heterocycles. The van der Waals surface area contributed by atoms with Gasteiger partial charge in [-0.25, -0.2) is 4.39 Å². The zero-order valence-corrected chi connectivity index (χ0v) is 20.1. The molecule has 1 fully saturated rings. The fourth-order valence-corrected chi connectivity index (χ4v) is 4.30. The van der Waals surface area contributed by atoms with Crippen LogP contribution >= 0.6 is 0 Å². The van der Waals surface area contributed by atoms with Gasteiger partial charge in [0.1, 0.15) is 11.6 Å². The van der Waals surface area contributed by atoms with Gasteiger partial charge in [0.15, 0.2) is 0 Å². The zero-order chi connectivity index (χ0) is 25.0. The minimum absolute atomic E-state index is 0.177. The molecule has 0 atom stereocenters. The van der Waals surface area contributed by atoms with Crippen LogP contribution in [0.15, 0.2) is 66.7 Å². The highest BCUT2D eigenvalue weighted by Gasteiger charge is 2.44. The van der Waals surface area contributed by atoms with E-state index in [-0.39, 0.29) is 17.3 Å². The van der Waals surface area contributed by atoms with Crippen LogP contribution in [0.1, 0.15) is 46.4 Å². The van der Waals surface area contributed by atoms with Gasteiger partial charge in [-0.15, -0.1) is 0 Å². The van der Waals surface area contributed by atoms with Crippen LogP contribution in [0.5, 0.6) is 5.75 Å². The molecule has 1 saturated carbocycles. The standard InChI is InChI=1S/C29H28FN3O3/c1-35-27-23(28(34)31-29(15-16-29)17-18-36-19-21-5-3-2-4-6-21)12-14-25-26(27)24(32-33-25)13-9-20-7-10-22(30)11-8-20/h2-14H,15-19H2,1H3,(H,31,34)(H,32,33)/b13-9+. The molecule has 0 unspecified atom stereocenters. The second-order valence-electron chi connectivity index (χ2n) is 9.09. The third-order valence-electron chi connectivity index (χ3n) is 6.53. The average molecular weight is 486 g/mol. The minimum atomic E-state index is -0.286. The summed E-state index contributed by atoms with van der Waals surface area (Å²) in [7, 11) is 1.55. The van der Waals surface area contributed by atoms with E-state index < -0.39 is 0 Å². The minimum Gasteiger partial charge on any atom is -0.495 e. The number of halogens is 1. The van der Waals surface area contributed by atoms with Crippen LogP contribution in [0.3, 0.4) is 0 Å². The van der Waals surface area contributed by atoms with Crippen LogP contribution in [-0.2, 0) is 11.3 Å². The van der Waals surface area contributed by atoms with Gasteiger partial charge in [0, 0.05) is 12.1 Å². The van der Waals surface area contributed by atoms with Gasteiger partial charge in [-0.1, -0.05) is 48.5 Å². The first kappa shape index (κ1) is 23.8. The summed E-state index contributed by atoms with van der Waals surface area (Å²) in [4.78, 5) is 13.3. The fourth-order valence-electron chi connectivity index (χ4n) is 4.30. The Morgan fingerprint density at radius 2 is 1.86 bits per heavy atom. The molecule has 4 aromatic rings. The van der Waals surface area contributed by atoms with Crippen molar-refractivity contribution in [3.05, 3.63) is 94.9 Å². The number of ether oxygens (including phenoxy) is 2. The van der Waals surface area contributed by atoms with Crippen molar-refractivity contribution >= 4 is 29.0 Å². The number of aromatic amines is 1. The summed E-state index contributed by atoms with van der Waals surface area (Å²) in [6.07, 6.45) is 6.27. The fraction of sp³-hybridized carbons (Fsp3) is 0.241. The molecule has 0 saturated heterocycles. The number of hydrogen-bond donors (Lipinski definition) is 2. The number of nitrogens with zero attached hydrogens (tertiary/aromatic N) is 1. The number of carbonyl (C=O) groups is 1. The topological polar surface area (TPSA) is 76.2 Å². The lowest BCUT2D eigenvalue weighted by Gasteiger charge is -2.19. The van der Waals surface area contributed by atoms with Crippen molar-refractivity contribution in [3.8, 4) is 5.75 Å². The van der Waals surface area contributed by atoms with Crippen LogP contribution in [-0.4, -0.2) is 35.4 Å². The summed E-state index contributed by atoms with van der Waals surface area (Å²) in [5.74, 6) is 0.00323. The number of aromatic nitrogens is 2. The maximum atomic E-state index is 13.3. The first-order valence-electron chi connectivity index (χ1n) is 12.0. The van der Waals surface area contributed by atoms with Gasteiger partial charge < -0.3 is 14.8 Å². The Morgan fingerprint density at radius 1 is 1.08 bits per heavy atom. The van der Waals surface area contributed by atoms with Gasteiger partial charge >= 0.3 is 0 Å². The number of benzene rings is 3. The van der Waals surface area contributed by atoms with Gasteiger partial charge in [-0.2, -0.15) is 5.10 Å². The summed E-state index contributed by atoms with van der Waals surface area (Å²) < 4.78 is 24.7.